The number of pyridine rings is 4. The van der Waals surface area contributed by atoms with Crippen molar-refractivity contribution >= 4 is 214 Å². The van der Waals surface area contributed by atoms with E-state index >= 15 is 0 Å². The van der Waals surface area contributed by atoms with E-state index < -0.39 is 0 Å². The highest BCUT2D eigenvalue weighted by molar-refractivity contribution is 7.26. The minimum atomic E-state index is 0.644. The van der Waals surface area contributed by atoms with Crippen molar-refractivity contribution in [1.82, 2.24) is 129 Å². The predicted octanol–water partition coefficient (Wildman–Crippen LogP) is 16.7. The first-order valence-corrected chi connectivity index (χ1v) is 37.1. The second-order valence-electron chi connectivity index (χ2n) is 22.1. The number of aromatic nitrogens is 26. The van der Waals surface area contributed by atoms with Gasteiger partial charge in [-0.05, 0) is 77.5 Å². The summed E-state index contributed by atoms with van der Waals surface area (Å²) in [4.78, 5) is 103. The normalized spacial score (nSPS) is 10.7. The monoisotopic (exact) mass is 1530 g/mol. The van der Waals surface area contributed by atoms with Gasteiger partial charge in [-0.25, -0.2) is 105 Å². The van der Waals surface area contributed by atoms with E-state index in [1.54, 1.807) is 174 Å². The van der Waals surface area contributed by atoms with E-state index in [4.69, 9.17) is 8.83 Å². The average Bonchev–Trinajstić information content (AvgIpc) is 1.66. The summed E-state index contributed by atoms with van der Waals surface area (Å²) in [5, 5.41) is 15.0. The lowest BCUT2D eigenvalue weighted by Crippen LogP contribution is -1.86. The van der Waals surface area contributed by atoms with Crippen LogP contribution >= 0.6 is 68.0 Å². The van der Waals surface area contributed by atoms with Gasteiger partial charge in [-0.3, -0.25) is 15.0 Å². The molecule has 24 heterocycles. The highest BCUT2D eigenvalue weighted by Gasteiger charge is 2.09. The van der Waals surface area contributed by atoms with Crippen LogP contribution in [0.4, 0.5) is 0 Å². The van der Waals surface area contributed by atoms with Crippen LogP contribution in [0.3, 0.4) is 0 Å². The molecule has 0 saturated heterocycles. The van der Waals surface area contributed by atoms with E-state index in [9.17, 15) is 0 Å². The van der Waals surface area contributed by atoms with Crippen molar-refractivity contribution in [3.05, 3.63) is 271 Å². The van der Waals surface area contributed by atoms with Crippen LogP contribution in [0.2, 0.25) is 0 Å². The third-order valence-corrected chi connectivity index (χ3v) is 21.3. The van der Waals surface area contributed by atoms with Gasteiger partial charge in [0.25, 0.3) is 0 Å². The molecule has 0 spiro atoms. The van der Waals surface area contributed by atoms with Crippen LogP contribution in [-0.2, 0) is 14.1 Å². The van der Waals surface area contributed by atoms with Gasteiger partial charge in [0.1, 0.15) is 103 Å². The first-order chi connectivity index (χ1) is 53.4. The Morgan fingerprint density at radius 3 is 1.62 bits per heavy atom. The van der Waals surface area contributed by atoms with Crippen molar-refractivity contribution in [1.29, 1.82) is 0 Å². The molecule has 28 nitrogen and oxygen atoms in total. The lowest BCUT2D eigenvalue weighted by Gasteiger charge is -1.90. The molecule has 0 N–H and O–H groups in total. The molecule has 0 aliphatic heterocycles. The first kappa shape index (κ1) is 70.0. The summed E-state index contributed by atoms with van der Waals surface area (Å²) >= 11 is 9.86. The molecule has 24 aromatic heterocycles. The Morgan fingerprint density at radius 2 is 0.852 bits per heavy atom. The maximum Gasteiger partial charge on any atom is 0.228 e. The van der Waals surface area contributed by atoms with Crippen LogP contribution in [-0.4, -0.2) is 129 Å². The largest absolute Gasteiger partial charge is 0.461 e. The molecule has 0 radical (unpaired) electrons. The van der Waals surface area contributed by atoms with Crippen molar-refractivity contribution in [2.45, 2.75) is 0 Å². The topological polar surface area (TPSA) is 345 Å². The fourth-order valence-electron chi connectivity index (χ4n) is 10.3. The van der Waals surface area contributed by atoms with E-state index in [0.717, 1.165) is 130 Å². The molecule has 24 aromatic rings. The molecule has 34 heteroatoms. The van der Waals surface area contributed by atoms with Gasteiger partial charge in [-0.15, -0.1) is 56.7 Å². The number of hydrogen-bond donors (Lipinski definition) is 0. The van der Waals surface area contributed by atoms with E-state index in [-0.39, 0.29) is 0 Å². The quantitative estimate of drug-likeness (QED) is 0.136. The zero-order chi connectivity index (χ0) is 73.1. The number of thiophene rings is 6. The minimum absolute atomic E-state index is 0.644. The Hall–Kier alpha value is -13.6. The number of nitrogens with zero attached hydrogens (tertiary/aromatic N) is 26. The van der Waals surface area contributed by atoms with E-state index in [1.165, 1.54) is 22.7 Å². The molecule has 108 heavy (non-hydrogen) atoms. The Balaban J connectivity index is 0.0000000961. The highest BCUT2D eigenvalue weighted by Crippen LogP contribution is 2.33. The van der Waals surface area contributed by atoms with E-state index in [0.29, 0.717) is 5.71 Å². The maximum atomic E-state index is 4.99. The molecule has 0 aliphatic carbocycles. The van der Waals surface area contributed by atoms with Gasteiger partial charge in [0.15, 0.2) is 5.58 Å². The SMILES string of the molecule is Cn1ccc2cncnc21.Cn1ccc2ncncc21.c1cc2c(cn1)sc1ncncc12.c1cc2sc3ncncc3c2cn1.c1cnc2c(c1)sc1ncncc12.c1cnc2sc3ncncc3c2c1.c1ncc2ccoc2n1.c1ncc2ccsc2n1.c1ncc2occc2n1.c1ncc2sccc2n1. The van der Waals surface area contributed by atoms with Crippen molar-refractivity contribution in [2.75, 3.05) is 0 Å². The lowest BCUT2D eigenvalue weighted by atomic mass is 10.2. The summed E-state index contributed by atoms with van der Waals surface area (Å²) in [5.74, 6) is 0. The summed E-state index contributed by atoms with van der Waals surface area (Å²) in [6, 6.07) is 23.6. The van der Waals surface area contributed by atoms with E-state index in [2.05, 4.69) is 126 Å². The van der Waals surface area contributed by atoms with Crippen LogP contribution in [0.15, 0.2) is 280 Å². The van der Waals surface area contributed by atoms with E-state index in [1.807, 2.05) is 169 Å². The molecular weight excluding hydrogens is 1480 g/mol. The Kier molecular flexibility index (Phi) is 22.3. The standard InChI is InChI=1S/4C9H5N3S.2C7H7N3.2C6H4N2O.2C6H4N2S/c1-2-10-3-6-7-4-11-5-12-9(7)13-8(1)6;1-2-10-4-8-6(1)7-3-11-5-12-9(7)13-8;1-2-7-8(11-3-1)6-4-10-5-12-9(6)13-7;1-2-6-7-4-10-5-12-9(7)13-8(6)11-3-1;1-10-3-2-6-7(10)4-8-5-9-6;1-10-3-2-6-4-8-5-9-7(6)10;1-2-9-6-3-7-4-8-5(1)6;1-2-9-6-5(1)3-7-4-8-6;1-2-9-6-3-7-4-8-5(1)6;1-2-9-6-5(1)3-7-4-8-6/h4*1-5H;2*2-5H,1H3;4*1-4H. The fraction of sp³-hybridized carbons (Fsp3) is 0.0270. The molecule has 0 amide bonds. The summed E-state index contributed by atoms with van der Waals surface area (Å²) < 4.78 is 18.6. The summed E-state index contributed by atoms with van der Waals surface area (Å²) in [6.07, 6.45) is 51.5. The number of fused-ring (bicyclic) bond motifs is 18. The first-order valence-electron chi connectivity index (χ1n) is 32.1. The van der Waals surface area contributed by atoms with Crippen LogP contribution in [0.1, 0.15) is 0 Å². The smallest absolute Gasteiger partial charge is 0.228 e. The second kappa shape index (κ2) is 34.3. The van der Waals surface area contributed by atoms with Crippen molar-refractivity contribution in [2.24, 2.45) is 14.1 Å². The Morgan fingerprint density at radius 1 is 0.296 bits per heavy atom. The molecule has 0 fully saturated rings. The molecule has 0 atom stereocenters. The fourth-order valence-corrected chi connectivity index (χ4v) is 15.6. The van der Waals surface area contributed by atoms with Crippen LogP contribution in [0, 0.1) is 0 Å². The lowest BCUT2D eigenvalue weighted by molar-refractivity contribution is 0.602. The molecule has 0 bridgehead atoms. The van der Waals surface area contributed by atoms with Crippen molar-refractivity contribution in [3.8, 4) is 0 Å². The number of furan rings is 2. The van der Waals surface area contributed by atoms with Crippen molar-refractivity contribution < 1.29 is 8.83 Å². The summed E-state index contributed by atoms with van der Waals surface area (Å²) in [5.41, 5.74) is 7.32. The zero-order valence-corrected chi connectivity index (χ0v) is 61.2. The maximum absolute atomic E-state index is 4.99. The third-order valence-electron chi connectivity index (χ3n) is 15.4. The zero-order valence-electron chi connectivity index (χ0n) is 56.3. The minimum Gasteiger partial charge on any atom is -0.461 e. The van der Waals surface area contributed by atoms with Gasteiger partial charge in [-0.2, -0.15) is 0 Å². The van der Waals surface area contributed by atoms with Gasteiger partial charge in [0.2, 0.25) is 5.71 Å². The molecule has 24 rings (SSSR count). The van der Waals surface area contributed by atoms with Gasteiger partial charge in [0.05, 0.1) is 71.9 Å². The highest BCUT2D eigenvalue weighted by atomic mass is 32.1. The van der Waals surface area contributed by atoms with Gasteiger partial charge >= 0.3 is 0 Å². The van der Waals surface area contributed by atoms with Crippen LogP contribution in [0.25, 0.3) is 146 Å². The molecule has 524 valence electrons. The van der Waals surface area contributed by atoms with Gasteiger partial charge < -0.3 is 18.0 Å². The molecular formula is C74H50N26O2S6. The Bertz CT molecular complexity index is 5910. The molecule has 0 aliphatic rings. The number of rotatable bonds is 0. The second-order valence-corrected chi connectivity index (χ2v) is 28.0. The van der Waals surface area contributed by atoms with Crippen LogP contribution in [0.5, 0.6) is 0 Å². The van der Waals surface area contributed by atoms with Gasteiger partial charge in [0, 0.05) is 167 Å². The van der Waals surface area contributed by atoms with Gasteiger partial charge in [-0.1, -0.05) is 11.3 Å². The predicted molar refractivity (Wildman–Crippen MR) is 426 cm³/mol. The Labute approximate surface area is 632 Å². The summed E-state index contributed by atoms with van der Waals surface area (Å²) in [6.45, 7) is 0. The molecule has 0 saturated carbocycles. The number of aryl methyl sites for hydroxylation is 2. The molecule has 0 unspecified atom stereocenters. The third kappa shape index (κ3) is 16.8. The van der Waals surface area contributed by atoms with Crippen LogP contribution < -0.4 is 0 Å². The number of hydrogen-bond acceptors (Lipinski definition) is 32. The van der Waals surface area contributed by atoms with Crippen molar-refractivity contribution in [3.63, 3.8) is 0 Å². The molecule has 0 aromatic carbocycles. The average molecular weight is 1530 g/mol. The summed E-state index contributed by atoms with van der Waals surface area (Å²) in [7, 11) is 3.95.